The van der Waals surface area contributed by atoms with Gasteiger partial charge in [0.25, 0.3) is 5.56 Å². The first-order valence-electron chi connectivity index (χ1n) is 4.79. The zero-order chi connectivity index (χ0) is 11.5. The molecule has 2 aromatic heterocycles. The van der Waals surface area contributed by atoms with Crippen LogP contribution in [0.4, 0.5) is 0 Å². The van der Waals surface area contributed by atoms with Crippen molar-refractivity contribution in [2.45, 2.75) is 13.5 Å². The lowest BCUT2D eigenvalue weighted by atomic mass is 10.3. The van der Waals surface area contributed by atoms with Crippen LogP contribution in [0.1, 0.15) is 11.4 Å². The van der Waals surface area contributed by atoms with Crippen LogP contribution in [0.3, 0.4) is 0 Å². The third kappa shape index (κ3) is 2.36. The van der Waals surface area contributed by atoms with Gasteiger partial charge in [-0.2, -0.15) is 0 Å². The number of halogens is 1. The van der Waals surface area contributed by atoms with E-state index in [1.807, 2.05) is 0 Å². The summed E-state index contributed by atoms with van der Waals surface area (Å²) in [5.41, 5.74) is 0.681. The molecule has 0 N–H and O–H groups in total. The van der Waals surface area contributed by atoms with Crippen molar-refractivity contribution in [2.75, 3.05) is 0 Å². The standard InChI is InChI=1S/C11H10BrN3O/c1-8-5-9(12)6-15(11(8)16)7-10-13-3-2-4-14-10/h2-6H,7H2,1H3. The summed E-state index contributed by atoms with van der Waals surface area (Å²) in [5, 5.41) is 0. The van der Waals surface area contributed by atoms with Crippen molar-refractivity contribution >= 4 is 15.9 Å². The summed E-state index contributed by atoms with van der Waals surface area (Å²) >= 11 is 3.36. The van der Waals surface area contributed by atoms with Gasteiger partial charge in [-0.15, -0.1) is 0 Å². The molecule has 0 aliphatic rings. The van der Waals surface area contributed by atoms with Gasteiger partial charge in [0.2, 0.25) is 0 Å². The number of pyridine rings is 1. The summed E-state index contributed by atoms with van der Waals surface area (Å²) in [5.74, 6) is 0.627. The van der Waals surface area contributed by atoms with Gasteiger partial charge in [-0.1, -0.05) is 0 Å². The number of nitrogens with zero attached hydrogens (tertiary/aromatic N) is 3. The van der Waals surface area contributed by atoms with E-state index >= 15 is 0 Å². The second-order valence-corrected chi connectivity index (χ2v) is 4.36. The minimum Gasteiger partial charge on any atom is -0.307 e. The first-order valence-corrected chi connectivity index (χ1v) is 5.58. The first-order chi connectivity index (χ1) is 7.66. The molecule has 2 rings (SSSR count). The summed E-state index contributed by atoms with van der Waals surface area (Å²) < 4.78 is 2.47. The summed E-state index contributed by atoms with van der Waals surface area (Å²) in [6.07, 6.45) is 5.07. The van der Waals surface area contributed by atoms with E-state index < -0.39 is 0 Å². The average Bonchev–Trinajstić information content (AvgIpc) is 2.27. The van der Waals surface area contributed by atoms with E-state index in [2.05, 4.69) is 25.9 Å². The van der Waals surface area contributed by atoms with Crippen molar-refractivity contribution in [1.82, 2.24) is 14.5 Å². The van der Waals surface area contributed by atoms with Gasteiger partial charge >= 0.3 is 0 Å². The van der Waals surface area contributed by atoms with Gasteiger partial charge in [0.1, 0.15) is 5.82 Å². The average molecular weight is 280 g/mol. The lowest BCUT2D eigenvalue weighted by Gasteiger charge is -2.06. The number of hydrogen-bond acceptors (Lipinski definition) is 3. The van der Waals surface area contributed by atoms with Crippen LogP contribution in [-0.2, 0) is 6.54 Å². The molecule has 0 unspecified atom stereocenters. The molecular formula is C11H10BrN3O. The van der Waals surface area contributed by atoms with Crippen LogP contribution in [0, 0.1) is 6.92 Å². The van der Waals surface area contributed by atoms with Gasteiger partial charge in [0, 0.05) is 28.6 Å². The Balaban J connectivity index is 2.39. The third-order valence-electron chi connectivity index (χ3n) is 2.16. The Labute approximate surface area is 101 Å². The Morgan fingerprint density at radius 1 is 1.38 bits per heavy atom. The summed E-state index contributed by atoms with van der Waals surface area (Å²) in [7, 11) is 0. The van der Waals surface area contributed by atoms with Crippen LogP contribution in [-0.4, -0.2) is 14.5 Å². The van der Waals surface area contributed by atoms with Gasteiger partial charge in [-0.3, -0.25) is 4.79 Å². The van der Waals surface area contributed by atoms with Crippen LogP contribution in [0.2, 0.25) is 0 Å². The van der Waals surface area contributed by atoms with Gasteiger partial charge < -0.3 is 4.57 Å². The van der Waals surface area contributed by atoms with E-state index in [9.17, 15) is 4.79 Å². The molecule has 0 fully saturated rings. The maximum Gasteiger partial charge on any atom is 0.253 e. The molecule has 0 spiro atoms. The third-order valence-corrected chi connectivity index (χ3v) is 2.60. The van der Waals surface area contributed by atoms with E-state index in [-0.39, 0.29) is 5.56 Å². The van der Waals surface area contributed by atoms with Crippen LogP contribution >= 0.6 is 15.9 Å². The molecule has 0 aliphatic carbocycles. The Hall–Kier alpha value is -1.49. The molecule has 5 heteroatoms. The van der Waals surface area contributed by atoms with Crippen molar-refractivity contribution in [3.63, 3.8) is 0 Å². The Kier molecular flexibility index (Phi) is 3.14. The highest BCUT2D eigenvalue weighted by Gasteiger charge is 2.03. The monoisotopic (exact) mass is 279 g/mol. The smallest absolute Gasteiger partial charge is 0.253 e. The number of rotatable bonds is 2. The van der Waals surface area contributed by atoms with E-state index in [1.54, 1.807) is 42.2 Å². The van der Waals surface area contributed by atoms with Crippen molar-refractivity contribution in [2.24, 2.45) is 0 Å². The highest BCUT2D eigenvalue weighted by Crippen LogP contribution is 2.08. The molecule has 0 saturated carbocycles. The molecule has 82 valence electrons. The van der Waals surface area contributed by atoms with Crippen molar-refractivity contribution in [3.8, 4) is 0 Å². The zero-order valence-electron chi connectivity index (χ0n) is 8.72. The maximum absolute atomic E-state index is 11.8. The molecule has 0 amide bonds. The normalized spacial score (nSPS) is 10.4. The molecule has 4 nitrogen and oxygen atoms in total. The van der Waals surface area contributed by atoms with Gasteiger partial charge in [0.05, 0.1) is 6.54 Å². The van der Waals surface area contributed by atoms with Gasteiger partial charge in [-0.05, 0) is 35.0 Å². The molecule has 2 aromatic rings. The lowest BCUT2D eigenvalue weighted by Crippen LogP contribution is -2.23. The minimum atomic E-state index is -0.0179. The molecule has 2 heterocycles. The quantitative estimate of drug-likeness (QED) is 0.842. The first kappa shape index (κ1) is 11.0. The molecule has 0 radical (unpaired) electrons. The van der Waals surface area contributed by atoms with Gasteiger partial charge in [0.15, 0.2) is 0 Å². The fourth-order valence-corrected chi connectivity index (χ4v) is 2.01. The van der Waals surface area contributed by atoms with E-state index in [0.717, 1.165) is 4.47 Å². The fraction of sp³-hybridized carbons (Fsp3) is 0.182. The molecule has 0 aliphatic heterocycles. The van der Waals surface area contributed by atoms with Crippen LogP contribution < -0.4 is 5.56 Å². The summed E-state index contributed by atoms with van der Waals surface area (Å²) in [4.78, 5) is 20.0. The zero-order valence-corrected chi connectivity index (χ0v) is 10.3. The molecule has 16 heavy (non-hydrogen) atoms. The van der Waals surface area contributed by atoms with Crippen LogP contribution in [0.5, 0.6) is 0 Å². The van der Waals surface area contributed by atoms with Crippen LogP contribution in [0.15, 0.2) is 40.0 Å². The summed E-state index contributed by atoms with van der Waals surface area (Å²) in [6, 6.07) is 3.54. The largest absolute Gasteiger partial charge is 0.307 e. The van der Waals surface area contributed by atoms with Crippen molar-refractivity contribution in [3.05, 3.63) is 56.9 Å². The van der Waals surface area contributed by atoms with E-state index in [1.165, 1.54) is 0 Å². The second kappa shape index (κ2) is 4.57. The SMILES string of the molecule is Cc1cc(Br)cn(Cc2ncccn2)c1=O. The minimum absolute atomic E-state index is 0.0179. The van der Waals surface area contributed by atoms with Crippen molar-refractivity contribution < 1.29 is 0 Å². The van der Waals surface area contributed by atoms with E-state index in [0.29, 0.717) is 17.9 Å². The maximum atomic E-state index is 11.8. The number of aromatic nitrogens is 3. The lowest BCUT2D eigenvalue weighted by molar-refractivity contribution is 0.707. The molecule has 0 atom stereocenters. The predicted octanol–water partition coefficient (Wildman–Crippen LogP) is 1.76. The van der Waals surface area contributed by atoms with E-state index in [4.69, 9.17) is 0 Å². The predicted molar refractivity (Wildman–Crippen MR) is 64.3 cm³/mol. The van der Waals surface area contributed by atoms with Crippen LogP contribution in [0.25, 0.3) is 0 Å². The summed E-state index contributed by atoms with van der Waals surface area (Å²) in [6.45, 7) is 2.18. The Morgan fingerprint density at radius 2 is 2.06 bits per heavy atom. The molecule has 0 aromatic carbocycles. The Morgan fingerprint density at radius 3 is 2.75 bits per heavy atom. The fourth-order valence-electron chi connectivity index (χ4n) is 1.42. The second-order valence-electron chi connectivity index (χ2n) is 3.44. The van der Waals surface area contributed by atoms with Gasteiger partial charge in [-0.25, -0.2) is 9.97 Å². The number of hydrogen-bond donors (Lipinski definition) is 0. The highest BCUT2D eigenvalue weighted by atomic mass is 79.9. The topological polar surface area (TPSA) is 47.8 Å². The highest BCUT2D eigenvalue weighted by molar-refractivity contribution is 9.10. The molecule has 0 bridgehead atoms. The number of aryl methyl sites for hydroxylation is 1. The molecule has 0 saturated heterocycles. The van der Waals surface area contributed by atoms with Crippen molar-refractivity contribution in [1.29, 1.82) is 0 Å². The molecular weight excluding hydrogens is 270 g/mol. The Bertz CT molecular complexity index is 551.